The third kappa shape index (κ3) is 5.21. The molecule has 1 heterocycles. The molecule has 0 aliphatic heterocycles. The summed E-state index contributed by atoms with van der Waals surface area (Å²) in [6.07, 6.45) is 2.10. The van der Waals surface area contributed by atoms with Crippen molar-refractivity contribution in [3.05, 3.63) is 36.0 Å². The largest absolute Gasteiger partial charge is 0.496 e. The molecule has 0 spiro atoms. The summed E-state index contributed by atoms with van der Waals surface area (Å²) in [5.41, 5.74) is 0.767. The van der Waals surface area contributed by atoms with Gasteiger partial charge in [-0.15, -0.1) is 0 Å². The summed E-state index contributed by atoms with van der Waals surface area (Å²) < 4.78 is 10.8. The van der Waals surface area contributed by atoms with Crippen molar-refractivity contribution in [2.45, 2.75) is 70.3 Å². The topological polar surface area (TPSA) is 101 Å². The molecule has 3 N–H and O–H groups in total. The minimum Gasteiger partial charge on any atom is -0.496 e. The fraction of sp³-hybridized carbons (Fsp3) is 0.565. The summed E-state index contributed by atoms with van der Waals surface area (Å²) in [5, 5.41) is 25.7. The van der Waals surface area contributed by atoms with Crippen LogP contribution in [0, 0.1) is 5.92 Å². The zero-order valence-electron chi connectivity index (χ0n) is 18.1. The van der Waals surface area contributed by atoms with Crippen LogP contribution < -0.4 is 10.1 Å². The van der Waals surface area contributed by atoms with Gasteiger partial charge in [0.15, 0.2) is 0 Å². The number of hydrogen-bond acceptors (Lipinski definition) is 6. The Bertz CT molecular complexity index is 872. The van der Waals surface area contributed by atoms with Gasteiger partial charge in [-0.05, 0) is 70.6 Å². The number of carbonyl (C=O) groups is 1. The zero-order chi connectivity index (χ0) is 21.9. The van der Waals surface area contributed by atoms with Crippen molar-refractivity contribution in [3.8, 4) is 5.75 Å². The molecule has 1 aromatic carbocycles. The maximum atomic E-state index is 12.0. The smallest absolute Gasteiger partial charge is 0.407 e. The second-order valence-corrected chi connectivity index (χ2v) is 8.94. The van der Waals surface area contributed by atoms with Crippen LogP contribution in [0.2, 0.25) is 0 Å². The van der Waals surface area contributed by atoms with Crippen LogP contribution in [0.4, 0.5) is 4.79 Å². The molecule has 2 aromatic rings. The van der Waals surface area contributed by atoms with E-state index < -0.39 is 23.9 Å². The van der Waals surface area contributed by atoms with Gasteiger partial charge in [-0.3, -0.25) is 4.98 Å². The number of fused-ring (bicyclic) bond motifs is 1. The molecule has 0 radical (unpaired) electrons. The standard InChI is InChI=1S/C23H32N2O5/c1-23(2,3)30-22(28)25-15-9-7-14(8-10-15)20(26)21(27)19-16-6-5-13-24-17(16)11-12-18(19)29-4/h5-6,11-15,20-21,26-27H,7-10H2,1-4H3,(H,25,28)/t14?,15?,20-,21-/m1/s1. The molecule has 1 aliphatic carbocycles. The molecule has 0 unspecified atom stereocenters. The number of aliphatic hydroxyl groups is 2. The normalized spacial score (nSPS) is 21.7. The number of amides is 1. The average molecular weight is 417 g/mol. The van der Waals surface area contributed by atoms with E-state index in [0.717, 1.165) is 23.7 Å². The van der Waals surface area contributed by atoms with Gasteiger partial charge in [0, 0.05) is 23.2 Å². The number of aromatic nitrogens is 1. The second kappa shape index (κ2) is 9.18. The third-order valence-corrected chi connectivity index (χ3v) is 5.60. The van der Waals surface area contributed by atoms with E-state index in [1.807, 2.05) is 32.9 Å². The fourth-order valence-electron chi connectivity index (χ4n) is 4.15. The first-order valence-electron chi connectivity index (χ1n) is 10.5. The number of benzene rings is 1. The highest BCUT2D eigenvalue weighted by atomic mass is 16.6. The van der Waals surface area contributed by atoms with Gasteiger partial charge in [-0.25, -0.2) is 4.79 Å². The monoisotopic (exact) mass is 416 g/mol. The molecule has 164 valence electrons. The number of alkyl carbamates (subject to hydrolysis) is 1. The van der Waals surface area contributed by atoms with Crippen molar-refractivity contribution >= 4 is 17.0 Å². The lowest BCUT2D eigenvalue weighted by Crippen LogP contribution is -2.42. The van der Waals surface area contributed by atoms with Crippen molar-refractivity contribution in [2.24, 2.45) is 5.92 Å². The summed E-state index contributed by atoms with van der Waals surface area (Å²) in [7, 11) is 1.55. The molecule has 1 fully saturated rings. The number of methoxy groups -OCH3 is 1. The molecule has 0 bridgehead atoms. The molecule has 1 amide bonds. The van der Waals surface area contributed by atoms with Gasteiger partial charge in [-0.1, -0.05) is 6.07 Å². The van der Waals surface area contributed by atoms with Gasteiger partial charge in [-0.2, -0.15) is 0 Å². The summed E-state index contributed by atoms with van der Waals surface area (Å²) in [4.78, 5) is 16.3. The highest BCUT2D eigenvalue weighted by molar-refractivity contribution is 5.85. The van der Waals surface area contributed by atoms with E-state index in [1.54, 1.807) is 25.4 Å². The van der Waals surface area contributed by atoms with Crippen LogP contribution in [0.5, 0.6) is 5.75 Å². The average Bonchev–Trinajstić information content (AvgIpc) is 2.71. The molecule has 3 rings (SSSR count). The Morgan fingerprint density at radius 3 is 2.50 bits per heavy atom. The number of nitrogens with zero attached hydrogens (tertiary/aromatic N) is 1. The zero-order valence-corrected chi connectivity index (χ0v) is 18.1. The Morgan fingerprint density at radius 2 is 1.87 bits per heavy atom. The first-order chi connectivity index (χ1) is 14.2. The predicted octanol–water partition coefficient (Wildman–Crippen LogP) is 3.72. The summed E-state index contributed by atoms with van der Waals surface area (Å²) >= 11 is 0. The van der Waals surface area contributed by atoms with Crippen LogP contribution in [0.25, 0.3) is 10.9 Å². The van der Waals surface area contributed by atoms with E-state index in [4.69, 9.17) is 9.47 Å². The van der Waals surface area contributed by atoms with Crippen LogP contribution in [-0.2, 0) is 4.74 Å². The number of pyridine rings is 1. The summed E-state index contributed by atoms with van der Waals surface area (Å²) in [5.74, 6) is 0.454. The van der Waals surface area contributed by atoms with E-state index >= 15 is 0 Å². The van der Waals surface area contributed by atoms with Crippen molar-refractivity contribution in [1.29, 1.82) is 0 Å². The maximum absolute atomic E-state index is 12.0. The molecular weight excluding hydrogens is 384 g/mol. The first kappa shape index (κ1) is 22.3. The van der Waals surface area contributed by atoms with Gasteiger partial charge < -0.3 is 25.0 Å². The molecular formula is C23H32N2O5. The lowest BCUT2D eigenvalue weighted by molar-refractivity contribution is -0.0312. The van der Waals surface area contributed by atoms with Crippen LogP contribution in [0.3, 0.4) is 0 Å². The SMILES string of the molecule is COc1ccc2ncccc2c1[C@@H](O)[C@H](O)C1CCC(NC(=O)OC(C)(C)C)CC1. The van der Waals surface area contributed by atoms with Crippen LogP contribution in [0.1, 0.15) is 58.1 Å². The summed E-state index contributed by atoms with van der Waals surface area (Å²) in [6, 6.07) is 7.29. The summed E-state index contributed by atoms with van der Waals surface area (Å²) in [6.45, 7) is 5.49. The molecule has 30 heavy (non-hydrogen) atoms. The van der Waals surface area contributed by atoms with Gasteiger partial charge >= 0.3 is 6.09 Å². The van der Waals surface area contributed by atoms with E-state index in [9.17, 15) is 15.0 Å². The Morgan fingerprint density at radius 1 is 1.17 bits per heavy atom. The second-order valence-electron chi connectivity index (χ2n) is 8.94. The van der Waals surface area contributed by atoms with Crippen molar-refractivity contribution in [1.82, 2.24) is 10.3 Å². The highest BCUT2D eigenvalue weighted by Gasteiger charge is 2.34. The number of ether oxygens (including phenoxy) is 2. The number of carbonyl (C=O) groups excluding carboxylic acids is 1. The molecule has 1 saturated carbocycles. The molecule has 1 aliphatic rings. The Labute approximate surface area is 177 Å². The van der Waals surface area contributed by atoms with E-state index in [1.165, 1.54) is 0 Å². The van der Waals surface area contributed by atoms with Crippen molar-refractivity contribution < 1.29 is 24.5 Å². The van der Waals surface area contributed by atoms with Crippen molar-refractivity contribution in [3.63, 3.8) is 0 Å². The van der Waals surface area contributed by atoms with Crippen molar-refractivity contribution in [2.75, 3.05) is 7.11 Å². The number of nitrogens with one attached hydrogen (secondary N) is 1. The first-order valence-corrected chi connectivity index (χ1v) is 10.5. The number of hydrogen-bond donors (Lipinski definition) is 3. The Kier molecular flexibility index (Phi) is 6.83. The minimum atomic E-state index is -1.09. The van der Waals surface area contributed by atoms with Crippen LogP contribution >= 0.6 is 0 Å². The third-order valence-electron chi connectivity index (χ3n) is 5.60. The van der Waals surface area contributed by atoms with Gasteiger partial charge in [0.05, 0.1) is 18.7 Å². The Hall–Kier alpha value is -2.38. The molecule has 7 heteroatoms. The minimum absolute atomic E-state index is 0.0109. The highest BCUT2D eigenvalue weighted by Crippen LogP contribution is 2.38. The maximum Gasteiger partial charge on any atom is 0.407 e. The van der Waals surface area contributed by atoms with E-state index in [-0.39, 0.29) is 12.0 Å². The van der Waals surface area contributed by atoms with Gasteiger partial charge in [0.25, 0.3) is 0 Å². The van der Waals surface area contributed by atoms with E-state index in [2.05, 4.69) is 10.3 Å². The van der Waals surface area contributed by atoms with Gasteiger partial charge in [0.2, 0.25) is 0 Å². The fourth-order valence-corrected chi connectivity index (χ4v) is 4.15. The molecule has 0 saturated heterocycles. The number of rotatable bonds is 5. The predicted molar refractivity (Wildman–Crippen MR) is 114 cm³/mol. The van der Waals surface area contributed by atoms with Crippen LogP contribution in [-0.4, -0.2) is 46.1 Å². The lowest BCUT2D eigenvalue weighted by Gasteiger charge is -2.34. The molecule has 7 nitrogen and oxygen atoms in total. The molecule has 1 aromatic heterocycles. The Balaban J connectivity index is 1.66. The lowest BCUT2D eigenvalue weighted by atomic mass is 9.79. The van der Waals surface area contributed by atoms with Gasteiger partial charge in [0.1, 0.15) is 17.5 Å². The molecule has 2 atom stereocenters. The number of aliphatic hydroxyl groups excluding tert-OH is 2. The van der Waals surface area contributed by atoms with E-state index in [0.29, 0.717) is 24.2 Å². The van der Waals surface area contributed by atoms with Crippen LogP contribution in [0.15, 0.2) is 30.5 Å². The quantitative estimate of drug-likeness (QED) is 0.687.